The normalized spacial score (nSPS) is 12.6. The van der Waals surface area contributed by atoms with Gasteiger partial charge in [0.2, 0.25) is 0 Å². The van der Waals surface area contributed by atoms with E-state index in [-0.39, 0.29) is 12.1 Å². The second-order valence-electron chi connectivity index (χ2n) is 27.8. The van der Waals surface area contributed by atoms with Gasteiger partial charge in [0, 0.05) is 33.4 Å². The van der Waals surface area contributed by atoms with Crippen molar-refractivity contribution < 1.29 is 4.74 Å². The Labute approximate surface area is 588 Å². The van der Waals surface area contributed by atoms with Gasteiger partial charge in [-0.3, -0.25) is 0 Å². The van der Waals surface area contributed by atoms with Crippen molar-refractivity contribution in [1.82, 2.24) is 4.57 Å². The lowest BCUT2D eigenvalue weighted by Crippen LogP contribution is -2.75. The molecule has 0 saturated carbocycles. The average Bonchev–Trinajstić information content (AvgIpc) is 0.758. The molecule has 0 unspecified atom stereocenters. The first kappa shape index (κ1) is 60.6. The lowest BCUT2D eigenvalue weighted by atomic mass is 9.34. The first-order valence-electron chi connectivity index (χ1n) is 34.9. The van der Waals surface area contributed by atoms with E-state index in [1.54, 1.807) is 0 Å². The van der Waals surface area contributed by atoms with Gasteiger partial charge in [0.15, 0.2) is 16.1 Å². The average molecular weight is 1310 g/mol. The third kappa shape index (κ3) is 9.92. The molecule has 6 heteroatoms. The largest absolute Gasteiger partial charge is 0.458 e. The van der Waals surface area contributed by atoms with Gasteiger partial charge >= 0.3 is 0 Å². The van der Waals surface area contributed by atoms with Crippen LogP contribution in [0.1, 0.15) is 26.3 Å². The molecular formula is C94H71BN2OSi2. The van der Waals surface area contributed by atoms with Crippen molar-refractivity contribution in [1.29, 1.82) is 0 Å². The molecule has 2 aliphatic heterocycles. The summed E-state index contributed by atoms with van der Waals surface area (Å²) in [6.07, 6.45) is 0. The van der Waals surface area contributed by atoms with E-state index in [2.05, 4.69) is 406 Å². The number of hydrogen-bond donors (Lipinski definition) is 0. The maximum absolute atomic E-state index is 8.17. The monoisotopic (exact) mass is 1310 g/mol. The minimum atomic E-state index is -3.42. The summed E-state index contributed by atoms with van der Waals surface area (Å²) in [5, 5.41) is 12.7. The number of benzene rings is 15. The van der Waals surface area contributed by atoms with Crippen LogP contribution in [0.5, 0.6) is 11.5 Å². The molecule has 100 heavy (non-hydrogen) atoms. The van der Waals surface area contributed by atoms with Gasteiger partial charge in [0.25, 0.3) is 6.71 Å². The molecule has 474 valence electrons. The van der Waals surface area contributed by atoms with Gasteiger partial charge in [-0.25, -0.2) is 0 Å². The van der Waals surface area contributed by atoms with Crippen LogP contribution in [-0.2, 0) is 5.41 Å². The van der Waals surface area contributed by atoms with Crippen LogP contribution < -0.4 is 67.5 Å². The molecule has 1 aromatic heterocycles. The Kier molecular flexibility index (Phi) is 14.9. The fraction of sp³-hybridized carbons (Fsp3) is 0.0426. The van der Waals surface area contributed by atoms with Crippen LogP contribution in [0.15, 0.2) is 376 Å². The fourth-order valence-corrected chi connectivity index (χ4v) is 26.3. The zero-order valence-electron chi connectivity index (χ0n) is 56.2. The Morgan fingerprint density at radius 3 is 1.22 bits per heavy atom. The van der Waals surface area contributed by atoms with Gasteiger partial charge in [0.1, 0.15) is 11.5 Å². The van der Waals surface area contributed by atoms with Gasteiger partial charge < -0.3 is 14.2 Å². The number of aromatic nitrogens is 1. The van der Waals surface area contributed by atoms with Gasteiger partial charge in [-0.2, -0.15) is 0 Å². The maximum Gasteiger partial charge on any atom is 0.256 e. The molecular weight excluding hydrogens is 1240 g/mol. The third-order valence-corrected chi connectivity index (χ3v) is 30.8. The number of fused-ring (bicyclic) bond motifs is 7. The van der Waals surface area contributed by atoms with Crippen LogP contribution in [0.4, 0.5) is 17.1 Å². The summed E-state index contributed by atoms with van der Waals surface area (Å²) in [5.41, 5.74) is 18.4. The molecule has 0 fully saturated rings. The fourth-order valence-electron chi connectivity index (χ4n) is 16.7. The lowest BCUT2D eigenvalue weighted by Gasteiger charge is -2.43. The van der Waals surface area contributed by atoms with E-state index < -0.39 is 16.1 Å². The van der Waals surface area contributed by atoms with Crippen molar-refractivity contribution in [2.75, 3.05) is 4.90 Å². The quantitative estimate of drug-likeness (QED) is 0.0846. The van der Waals surface area contributed by atoms with E-state index in [0.29, 0.717) is 0 Å². The molecule has 0 bridgehead atoms. The Morgan fingerprint density at radius 1 is 0.290 bits per heavy atom. The highest BCUT2D eigenvalue weighted by atomic mass is 28.3. The maximum atomic E-state index is 8.17. The third-order valence-electron chi connectivity index (χ3n) is 21.3. The second-order valence-corrected chi connectivity index (χ2v) is 35.5. The van der Waals surface area contributed by atoms with Crippen molar-refractivity contribution in [2.24, 2.45) is 0 Å². The SMILES string of the molecule is CC(C)(C)c1ccc(N2c3cc(-n4c5ccccc5c5ccccc54)ccc3B3c4ccc([Si](c5ccccc5)(c5ccccc5)c5cccc(-c6ccccc6)c5)cc4Oc4cc([Si](c5ccccc5)(c5ccccc5)c5cccc(-c6ccccc6)c5)cc2c43)c(-c2ccccc2)c1. The first-order chi connectivity index (χ1) is 49.2. The smallest absolute Gasteiger partial charge is 0.256 e. The van der Waals surface area contributed by atoms with Gasteiger partial charge in [-0.15, -0.1) is 0 Å². The summed E-state index contributed by atoms with van der Waals surface area (Å²) in [6, 6.07) is 142. The van der Waals surface area contributed by atoms with Crippen LogP contribution in [0, 0.1) is 0 Å². The standard InChI is InChI=1S/C94H71BN2OSi2/c1-94(2,3)71-53-58-88(83(61-71)68-35-15-6-16-36-68)97-89-62-72(96-86-51-27-25-49-81(86)82-50-26-28-52-87(82)96)54-56-84(89)95-85-57-55-79(99(73-39-17-7-18-40-73,74-41-19-8-20-42-74)77-47-29-37-69(59-77)66-31-11-4-12-32-66)64-91(85)98-92-65-80(63-90(97)93(92)95)100(75-43-21-9-22-44-75,76-45-23-10-24-46-76)78-48-30-38-70(60-78)67-33-13-5-14-34-67/h4-65H,1-3H3. The summed E-state index contributed by atoms with van der Waals surface area (Å²) in [6.45, 7) is 6.73. The topological polar surface area (TPSA) is 17.4 Å². The summed E-state index contributed by atoms with van der Waals surface area (Å²) in [7, 11) is -6.62. The van der Waals surface area contributed by atoms with Crippen LogP contribution >= 0.6 is 0 Å². The minimum Gasteiger partial charge on any atom is -0.458 e. The Bertz CT molecular complexity index is 5610. The Balaban J connectivity index is 0.978. The molecule has 0 amide bonds. The van der Waals surface area contributed by atoms with Gasteiger partial charge in [0.05, 0.1) is 16.7 Å². The Hall–Kier alpha value is -11.8. The van der Waals surface area contributed by atoms with Crippen molar-refractivity contribution in [2.45, 2.75) is 26.2 Å². The minimum absolute atomic E-state index is 0.136. The van der Waals surface area contributed by atoms with Crippen LogP contribution in [-0.4, -0.2) is 27.4 Å². The van der Waals surface area contributed by atoms with E-state index in [4.69, 9.17) is 4.74 Å². The predicted octanol–water partition coefficient (Wildman–Crippen LogP) is 16.2. The van der Waals surface area contributed by atoms with E-state index >= 15 is 0 Å². The van der Waals surface area contributed by atoms with Crippen molar-refractivity contribution in [3.63, 3.8) is 0 Å². The highest BCUT2D eigenvalue weighted by molar-refractivity contribution is 7.20. The molecule has 0 aliphatic carbocycles. The van der Waals surface area contributed by atoms with E-state index in [0.717, 1.165) is 67.3 Å². The Morgan fingerprint density at radius 2 is 0.710 bits per heavy atom. The summed E-state index contributed by atoms with van der Waals surface area (Å²) >= 11 is 0. The predicted molar refractivity (Wildman–Crippen MR) is 429 cm³/mol. The molecule has 0 saturated heterocycles. The second kappa shape index (κ2) is 24.6. The van der Waals surface area contributed by atoms with Crippen molar-refractivity contribution >= 4 is 120 Å². The van der Waals surface area contributed by atoms with Gasteiger partial charge in [-0.1, -0.05) is 342 Å². The molecule has 0 N–H and O–H groups in total. The number of ether oxygens (including phenoxy) is 1. The number of para-hydroxylation sites is 2. The first-order valence-corrected chi connectivity index (χ1v) is 38.9. The van der Waals surface area contributed by atoms with E-state index in [1.807, 2.05) is 0 Å². The summed E-state index contributed by atoms with van der Waals surface area (Å²) in [4.78, 5) is 2.64. The van der Waals surface area contributed by atoms with Crippen LogP contribution in [0.2, 0.25) is 0 Å². The molecule has 18 rings (SSSR count). The van der Waals surface area contributed by atoms with Crippen molar-refractivity contribution in [3.8, 4) is 50.6 Å². The molecule has 3 heterocycles. The molecule has 15 aromatic carbocycles. The van der Waals surface area contributed by atoms with Crippen molar-refractivity contribution in [3.05, 3.63) is 382 Å². The molecule has 0 radical (unpaired) electrons. The van der Waals surface area contributed by atoms with E-state index in [1.165, 1.54) is 85.5 Å². The molecule has 3 nitrogen and oxygen atoms in total. The molecule has 16 aromatic rings. The number of anilines is 3. The lowest BCUT2D eigenvalue weighted by molar-refractivity contribution is 0.488. The summed E-state index contributed by atoms with van der Waals surface area (Å²) < 4.78 is 10.7. The molecule has 2 aliphatic rings. The zero-order chi connectivity index (χ0) is 66.9. The summed E-state index contributed by atoms with van der Waals surface area (Å²) in [5.74, 6) is 1.72. The van der Waals surface area contributed by atoms with Crippen LogP contribution in [0.25, 0.3) is 60.9 Å². The van der Waals surface area contributed by atoms with Crippen LogP contribution in [0.3, 0.4) is 0 Å². The van der Waals surface area contributed by atoms with E-state index in [9.17, 15) is 0 Å². The van der Waals surface area contributed by atoms with Gasteiger partial charge in [-0.05, 0) is 151 Å². The number of hydrogen-bond acceptors (Lipinski definition) is 2. The highest BCUT2D eigenvalue weighted by Crippen LogP contribution is 2.47. The highest BCUT2D eigenvalue weighted by Gasteiger charge is 2.49. The molecule has 0 atom stereocenters. The molecule has 0 spiro atoms. The number of rotatable bonds is 13. The number of nitrogens with zero attached hydrogens (tertiary/aromatic N) is 2. The zero-order valence-corrected chi connectivity index (χ0v) is 58.2.